The highest BCUT2D eigenvalue weighted by atomic mass is 35.5. The normalized spacial score (nSPS) is 10.4. The predicted octanol–water partition coefficient (Wildman–Crippen LogP) is 2.80. The van der Waals surface area contributed by atoms with Crippen LogP contribution in [0, 0.1) is 0 Å². The van der Waals surface area contributed by atoms with Crippen molar-refractivity contribution in [1.29, 1.82) is 0 Å². The van der Waals surface area contributed by atoms with Crippen LogP contribution in [0.1, 0.15) is 23.0 Å². The van der Waals surface area contributed by atoms with Crippen molar-refractivity contribution in [3.05, 3.63) is 46.7 Å². The lowest BCUT2D eigenvalue weighted by Gasteiger charge is -2.06. The number of carbonyl (C=O) groups is 1. The van der Waals surface area contributed by atoms with Crippen LogP contribution in [0.2, 0.25) is 5.02 Å². The zero-order valence-corrected chi connectivity index (χ0v) is 10.9. The second-order valence-electron chi connectivity index (χ2n) is 3.72. The molecule has 0 amide bonds. The molecule has 0 spiro atoms. The van der Waals surface area contributed by atoms with Gasteiger partial charge in [-0.3, -0.25) is 9.48 Å². The van der Waals surface area contributed by atoms with Crippen LogP contribution in [0.5, 0.6) is 5.75 Å². The summed E-state index contributed by atoms with van der Waals surface area (Å²) in [4.78, 5) is 12.4. The maximum atomic E-state index is 12.4. The Balaban J connectivity index is 2.48. The van der Waals surface area contributed by atoms with Gasteiger partial charge in [-0.1, -0.05) is 23.7 Å². The van der Waals surface area contributed by atoms with Crippen molar-refractivity contribution in [1.82, 2.24) is 9.78 Å². The van der Waals surface area contributed by atoms with Gasteiger partial charge in [0.25, 0.3) is 0 Å². The molecule has 0 atom stereocenters. The van der Waals surface area contributed by atoms with Crippen molar-refractivity contribution in [2.75, 3.05) is 7.11 Å². The third-order valence-corrected chi connectivity index (χ3v) is 2.86. The molecule has 94 valence electrons. The molecule has 0 aliphatic heterocycles. The van der Waals surface area contributed by atoms with Gasteiger partial charge in [-0.05, 0) is 19.1 Å². The van der Waals surface area contributed by atoms with E-state index < -0.39 is 0 Å². The molecule has 0 aliphatic carbocycles. The van der Waals surface area contributed by atoms with Crippen LogP contribution in [0.4, 0.5) is 0 Å². The molecule has 1 aromatic heterocycles. The Morgan fingerprint density at radius 2 is 2.28 bits per heavy atom. The van der Waals surface area contributed by atoms with Crippen LogP contribution in [0.25, 0.3) is 0 Å². The highest BCUT2D eigenvalue weighted by Gasteiger charge is 2.20. The van der Waals surface area contributed by atoms with E-state index in [0.29, 0.717) is 28.6 Å². The maximum Gasteiger partial charge on any atom is 0.214 e. The van der Waals surface area contributed by atoms with Gasteiger partial charge in [0.1, 0.15) is 0 Å². The second kappa shape index (κ2) is 5.23. The molecule has 1 aromatic carbocycles. The van der Waals surface area contributed by atoms with Crippen molar-refractivity contribution < 1.29 is 9.53 Å². The average molecular weight is 265 g/mol. The number of benzene rings is 1. The van der Waals surface area contributed by atoms with Crippen LogP contribution < -0.4 is 4.74 Å². The number of rotatable bonds is 4. The van der Waals surface area contributed by atoms with E-state index in [1.54, 1.807) is 35.1 Å². The fraction of sp³-hybridized carbons (Fsp3) is 0.231. The Hall–Kier alpha value is -1.81. The summed E-state index contributed by atoms with van der Waals surface area (Å²) in [7, 11) is 1.52. The van der Waals surface area contributed by atoms with Crippen LogP contribution in [0.15, 0.2) is 30.5 Å². The van der Waals surface area contributed by atoms with Crippen LogP contribution in [-0.2, 0) is 6.54 Å². The highest BCUT2D eigenvalue weighted by molar-refractivity contribution is 6.31. The standard InChI is InChI=1S/C13H13ClN2O2/c1-3-16-12(11(18-2)8-15-16)13(17)9-5-4-6-10(14)7-9/h4-8H,3H2,1-2H3. The number of hydrogen-bond acceptors (Lipinski definition) is 3. The first-order valence-corrected chi connectivity index (χ1v) is 5.95. The van der Waals surface area contributed by atoms with Gasteiger partial charge in [0.2, 0.25) is 5.78 Å². The molecule has 0 N–H and O–H groups in total. The molecule has 4 nitrogen and oxygen atoms in total. The molecule has 0 bridgehead atoms. The van der Waals surface area contributed by atoms with Crippen molar-refractivity contribution in [2.45, 2.75) is 13.5 Å². The number of ether oxygens (including phenoxy) is 1. The third-order valence-electron chi connectivity index (χ3n) is 2.63. The Kier molecular flexibility index (Phi) is 3.67. The quantitative estimate of drug-likeness (QED) is 0.798. The Morgan fingerprint density at radius 3 is 2.89 bits per heavy atom. The molecule has 0 saturated heterocycles. The predicted molar refractivity (Wildman–Crippen MR) is 69.3 cm³/mol. The van der Waals surface area contributed by atoms with Gasteiger partial charge in [-0.15, -0.1) is 0 Å². The van der Waals surface area contributed by atoms with E-state index in [2.05, 4.69) is 5.10 Å². The second-order valence-corrected chi connectivity index (χ2v) is 4.15. The zero-order valence-electron chi connectivity index (χ0n) is 10.2. The molecule has 5 heteroatoms. The van der Waals surface area contributed by atoms with Crippen LogP contribution in [0.3, 0.4) is 0 Å². The van der Waals surface area contributed by atoms with Gasteiger partial charge >= 0.3 is 0 Å². The topological polar surface area (TPSA) is 44.1 Å². The van der Waals surface area contributed by atoms with Gasteiger partial charge in [0, 0.05) is 17.1 Å². The number of nitrogens with zero attached hydrogens (tertiary/aromatic N) is 2. The summed E-state index contributed by atoms with van der Waals surface area (Å²) in [6.45, 7) is 2.52. The van der Waals surface area contributed by atoms with E-state index in [1.165, 1.54) is 7.11 Å². The van der Waals surface area contributed by atoms with Crippen molar-refractivity contribution in [3.63, 3.8) is 0 Å². The largest absolute Gasteiger partial charge is 0.493 e. The van der Waals surface area contributed by atoms with Gasteiger partial charge in [-0.25, -0.2) is 0 Å². The average Bonchev–Trinajstić information content (AvgIpc) is 2.80. The summed E-state index contributed by atoms with van der Waals surface area (Å²) >= 11 is 5.89. The summed E-state index contributed by atoms with van der Waals surface area (Å²) in [6.07, 6.45) is 1.54. The van der Waals surface area contributed by atoms with Crippen molar-refractivity contribution in [2.24, 2.45) is 0 Å². The molecule has 1 heterocycles. The highest BCUT2D eigenvalue weighted by Crippen LogP contribution is 2.22. The fourth-order valence-electron chi connectivity index (χ4n) is 1.75. The van der Waals surface area contributed by atoms with E-state index in [9.17, 15) is 4.79 Å². The molecule has 0 radical (unpaired) electrons. The van der Waals surface area contributed by atoms with Gasteiger partial charge in [0.15, 0.2) is 11.4 Å². The lowest BCUT2D eigenvalue weighted by atomic mass is 10.1. The molecule has 0 aliphatic rings. The SMILES string of the molecule is CCn1ncc(OC)c1C(=O)c1cccc(Cl)c1. The van der Waals surface area contributed by atoms with Crippen molar-refractivity contribution in [3.8, 4) is 5.75 Å². The lowest BCUT2D eigenvalue weighted by molar-refractivity contribution is 0.102. The van der Waals surface area contributed by atoms with E-state index in [-0.39, 0.29) is 5.78 Å². The molecule has 2 aromatic rings. The van der Waals surface area contributed by atoms with Gasteiger partial charge in [0.05, 0.1) is 13.3 Å². The molecule has 0 fully saturated rings. The number of hydrogen-bond donors (Lipinski definition) is 0. The Labute approximate surface area is 110 Å². The zero-order chi connectivity index (χ0) is 13.1. The van der Waals surface area contributed by atoms with Crippen LogP contribution >= 0.6 is 11.6 Å². The first-order valence-electron chi connectivity index (χ1n) is 5.57. The number of aryl methyl sites for hydroxylation is 1. The first-order chi connectivity index (χ1) is 8.67. The van der Waals surface area contributed by atoms with E-state index in [0.717, 1.165) is 0 Å². The number of carbonyl (C=O) groups excluding carboxylic acids is 1. The molecule has 2 rings (SSSR count). The molecule has 18 heavy (non-hydrogen) atoms. The fourth-order valence-corrected chi connectivity index (χ4v) is 1.94. The van der Waals surface area contributed by atoms with E-state index >= 15 is 0 Å². The molecular weight excluding hydrogens is 252 g/mol. The minimum atomic E-state index is -0.145. The minimum absolute atomic E-state index is 0.145. The van der Waals surface area contributed by atoms with E-state index in [1.807, 2.05) is 6.92 Å². The van der Waals surface area contributed by atoms with E-state index in [4.69, 9.17) is 16.3 Å². The summed E-state index contributed by atoms with van der Waals surface area (Å²) in [5.74, 6) is 0.329. The Bertz CT molecular complexity index is 557. The summed E-state index contributed by atoms with van der Waals surface area (Å²) in [5, 5.41) is 4.64. The monoisotopic (exact) mass is 264 g/mol. The molecule has 0 saturated carbocycles. The lowest BCUT2D eigenvalue weighted by Crippen LogP contribution is -2.11. The van der Waals surface area contributed by atoms with Crippen molar-refractivity contribution >= 4 is 17.4 Å². The number of ketones is 1. The Morgan fingerprint density at radius 1 is 1.50 bits per heavy atom. The van der Waals surface area contributed by atoms with Gasteiger partial charge in [-0.2, -0.15) is 5.10 Å². The summed E-state index contributed by atoms with van der Waals surface area (Å²) in [6, 6.07) is 6.83. The summed E-state index contributed by atoms with van der Waals surface area (Å²) < 4.78 is 6.78. The number of halogens is 1. The van der Waals surface area contributed by atoms with Gasteiger partial charge < -0.3 is 4.74 Å². The van der Waals surface area contributed by atoms with Crippen LogP contribution in [-0.4, -0.2) is 22.7 Å². The first kappa shape index (κ1) is 12.6. The summed E-state index contributed by atoms with van der Waals surface area (Å²) in [5.41, 5.74) is 0.971. The maximum absolute atomic E-state index is 12.4. The number of aromatic nitrogens is 2. The smallest absolute Gasteiger partial charge is 0.214 e. The molecular formula is C13H13ClN2O2. The third kappa shape index (κ3) is 2.24. The number of methoxy groups -OCH3 is 1. The molecule has 0 unspecified atom stereocenters. The minimum Gasteiger partial charge on any atom is -0.493 e.